The van der Waals surface area contributed by atoms with E-state index in [1.807, 2.05) is 73.3 Å². The molecular formula is C19H17N3O. The van der Waals surface area contributed by atoms with Gasteiger partial charge >= 0.3 is 0 Å². The molecule has 0 spiro atoms. The van der Waals surface area contributed by atoms with E-state index >= 15 is 0 Å². The van der Waals surface area contributed by atoms with Gasteiger partial charge in [0.1, 0.15) is 0 Å². The molecule has 0 radical (unpaired) electrons. The fourth-order valence-electron chi connectivity index (χ4n) is 3.20. The number of aromatic nitrogens is 2. The minimum Gasteiger partial charge on any atom is -0.398 e. The van der Waals surface area contributed by atoms with Crippen LogP contribution in [0.5, 0.6) is 0 Å². The molecule has 0 aliphatic carbocycles. The summed E-state index contributed by atoms with van der Waals surface area (Å²) in [5.74, 6) is -0.0335. The zero-order chi connectivity index (χ0) is 16.1. The average Bonchev–Trinajstić information content (AvgIpc) is 3.07. The van der Waals surface area contributed by atoms with Gasteiger partial charge in [-0.3, -0.25) is 9.36 Å². The fourth-order valence-corrected chi connectivity index (χ4v) is 3.20. The van der Waals surface area contributed by atoms with Crippen molar-refractivity contribution in [2.75, 3.05) is 5.73 Å². The van der Waals surface area contributed by atoms with Crippen LogP contribution in [0.15, 0.2) is 54.7 Å². The van der Waals surface area contributed by atoms with Gasteiger partial charge in [0.15, 0.2) is 0 Å². The number of fused-ring (bicyclic) bond motifs is 2. The van der Waals surface area contributed by atoms with E-state index in [1.165, 1.54) is 0 Å². The predicted molar refractivity (Wildman–Crippen MR) is 93.7 cm³/mol. The van der Waals surface area contributed by atoms with Crippen LogP contribution in [0.1, 0.15) is 16.1 Å². The lowest BCUT2D eigenvalue weighted by molar-refractivity contribution is 0.0963. The van der Waals surface area contributed by atoms with Crippen molar-refractivity contribution in [2.45, 2.75) is 6.92 Å². The number of carbonyl (C=O) groups excluding carboxylic acids is 1. The van der Waals surface area contributed by atoms with E-state index in [0.29, 0.717) is 11.3 Å². The monoisotopic (exact) mass is 303 g/mol. The van der Waals surface area contributed by atoms with Gasteiger partial charge < -0.3 is 10.3 Å². The molecule has 4 nitrogen and oxygen atoms in total. The van der Waals surface area contributed by atoms with E-state index < -0.39 is 0 Å². The van der Waals surface area contributed by atoms with Crippen molar-refractivity contribution in [3.8, 4) is 0 Å². The van der Waals surface area contributed by atoms with Gasteiger partial charge in [0.25, 0.3) is 5.91 Å². The number of carbonyl (C=O) groups is 1. The summed E-state index contributed by atoms with van der Waals surface area (Å²) in [6, 6.07) is 15.4. The summed E-state index contributed by atoms with van der Waals surface area (Å²) in [6.45, 7) is 1.93. The molecule has 4 rings (SSSR count). The van der Waals surface area contributed by atoms with Gasteiger partial charge in [-0.2, -0.15) is 0 Å². The second-order valence-electron chi connectivity index (χ2n) is 5.91. The summed E-state index contributed by atoms with van der Waals surface area (Å²) in [7, 11) is 2.00. The Kier molecular flexibility index (Phi) is 2.81. The van der Waals surface area contributed by atoms with Crippen LogP contribution in [-0.4, -0.2) is 15.0 Å². The highest BCUT2D eigenvalue weighted by atomic mass is 16.2. The Bertz CT molecular complexity index is 1070. The lowest BCUT2D eigenvalue weighted by Gasteiger charge is -2.08. The predicted octanol–water partition coefficient (Wildman–Crippen LogP) is 3.71. The molecule has 0 bridgehead atoms. The Morgan fingerprint density at radius 1 is 1.04 bits per heavy atom. The maximum atomic E-state index is 13.0. The van der Waals surface area contributed by atoms with Gasteiger partial charge in [-0.15, -0.1) is 0 Å². The van der Waals surface area contributed by atoms with Crippen LogP contribution < -0.4 is 5.73 Å². The summed E-state index contributed by atoms with van der Waals surface area (Å²) in [5, 5.41) is 1.98. The zero-order valence-electron chi connectivity index (χ0n) is 13.1. The highest BCUT2D eigenvalue weighted by Gasteiger charge is 2.16. The molecule has 114 valence electrons. The van der Waals surface area contributed by atoms with E-state index in [1.54, 1.807) is 4.57 Å². The van der Waals surface area contributed by atoms with Crippen LogP contribution in [0.25, 0.3) is 21.8 Å². The molecule has 4 aromatic rings. The number of anilines is 1. The molecule has 4 heteroatoms. The molecule has 2 N–H and O–H groups in total. The van der Waals surface area contributed by atoms with Gasteiger partial charge in [0.2, 0.25) is 0 Å². The molecule has 0 unspecified atom stereocenters. The molecule has 0 aliphatic rings. The standard InChI is InChI=1S/C19H17N3O/c1-12-10-15-16(20)4-3-5-18(15)22(12)19(23)14-6-7-17-13(11-14)8-9-21(17)2/h3-11H,20H2,1-2H3. The third kappa shape index (κ3) is 1.95. The quantitative estimate of drug-likeness (QED) is 0.545. The lowest BCUT2D eigenvalue weighted by Crippen LogP contribution is -2.13. The van der Waals surface area contributed by atoms with E-state index in [0.717, 1.165) is 27.5 Å². The van der Waals surface area contributed by atoms with Gasteiger partial charge in [-0.05, 0) is 49.4 Å². The molecule has 0 saturated carbocycles. The van der Waals surface area contributed by atoms with Crippen molar-refractivity contribution >= 4 is 33.4 Å². The van der Waals surface area contributed by atoms with Crippen LogP contribution in [0, 0.1) is 6.92 Å². The first-order chi connectivity index (χ1) is 11.1. The topological polar surface area (TPSA) is 52.9 Å². The molecule has 23 heavy (non-hydrogen) atoms. The van der Waals surface area contributed by atoms with Crippen LogP contribution in [0.3, 0.4) is 0 Å². The molecule has 0 atom stereocenters. The van der Waals surface area contributed by atoms with E-state index in [2.05, 4.69) is 0 Å². The van der Waals surface area contributed by atoms with Crippen LogP contribution in [-0.2, 0) is 7.05 Å². The van der Waals surface area contributed by atoms with E-state index in [-0.39, 0.29) is 5.91 Å². The first-order valence-electron chi connectivity index (χ1n) is 7.52. The molecule has 2 aromatic heterocycles. The highest BCUT2D eigenvalue weighted by molar-refractivity contribution is 6.06. The molecule has 0 saturated heterocycles. The van der Waals surface area contributed by atoms with Crippen molar-refractivity contribution in [2.24, 2.45) is 7.05 Å². The molecule has 2 heterocycles. The lowest BCUT2D eigenvalue weighted by atomic mass is 10.1. The molecule has 0 amide bonds. The number of hydrogen-bond donors (Lipinski definition) is 1. The normalized spacial score (nSPS) is 11.4. The van der Waals surface area contributed by atoms with Crippen LogP contribution in [0.4, 0.5) is 5.69 Å². The van der Waals surface area contributed by atoms with Gasteiger partial charge in [0, 0.05) is 46.5 Å². The summed E-state index contributed by atoms with van der Waals surface area (Å²) >= 11 is 0. The second-order valence-corrected chi connectivity index (χ2v) is 5.91. The summed E-state index contributed by atoms with van der Waals surface area (Å²) in [4.78, 5) is 13.0. The number of rotatable bonds is 1. The highest BCUT2D eigenvalue weighted by Crippen LogP contribution is 2.26. The van der Waals surface area contributed by atoms with Gasteiger partial charge in [0.05, 0.1) is 5.52 Å². The number of aryl methyl sites for hydroxylation is 2. The smallest absolute Gasteiger partial charge is 0.262 e. The maximum Gasteiger partial charge on any atom is 0.262 e. The first kappa shape index (κ1) is 13.6. The number of benzene rings is 2. The number of nitrogens with two attached hydrogens (primary N) is 1. The summed E-state index contributed by atoms with van der Waals surface area (Å²) in [6.07, 6.45) is 2.00. The minimum atomic E-state index is -0.0335. The maximum absolute atomic E-state index is 13.0. The number of nitrogen functional groups attached to an aromatic ring is 1. The second kappa shape index (κ2) is 4.74. The van der Waals surface area contributed by atoms with E-state index in [4.69, 9.17) is 5.73 Å². The van der Waals surface area contributed by atoms with Crippen molar-refractivity contribution in [3.05, 3.63) is 66.0 Å². The van der Waals surface area contributed by atoms with Crippen molar-refractivity contribution in [1.82, 2.24) is 9.13 Å². The van der Waals surface area contributed by atoms with Crippen LogP contribution >= 0.6 is 0 Å². The molecule has 0 aliphatic heterocycles. The molecule has 2 aromatic carbocycles. The third-order valence-corrected chi connectivity index (χ3v) is 4.40. The minimum absolute atomic E-state index is 0.0335. The first-order valence-corrected chi connectivity index (χ1v) is 7.52. The number of hydrogen-bond acceptors (Lipinski definition) is 2. The van der Waals surface area contributed by atoms with Crippen molar-refractivity contribution in [3.63, 3.8) is 0 Å². The Hall–Kier alpha value is -3.01. The number of nitrogens with zero attached hydrogens (tertiary/aromatic N) is 2. The van der Waals surface area contributed by atoms with Gasteiger partial charge in [-0.25, -0.2) is 0 Å². The van der Waals surface area contributed by atoms with Crippen LogP contribution in [0.2, 0.25) is 0 Å². The fraction of sp³-hybridized carbons (Fsp3) is 0.105. The Morgan fingerprint density at radius 3 is 2.70 bits per heavy atom. The Balaban J connectivity index is 1.91. The summed E-state index contributed by atoms with van der Waals surface area (Å²) in [5.41, 5.74) is 10.2. The molecule has 0 fully saturated rings. The Morgan fingerprint density at radius 2 is 1.87 bits per heavy atom. The van der Waals surface area contributed by atoms with E-state index in [9.17, 15) is 4.79 Å². The largest absolute Gasteiger partial charge is 0.398 e. The third-order valence-electron chi connectivity index (χ3n) is 4.40. The molecular weight excluding hydrogens is 286 g/mol. The SMILES string of the molecule is Cc1cc2c(N)cccc2n1C(=O)c1ccc2c(ccn2C)c1. The summed E-state index contributed by atoms with van der Waals surface area (Å²) < 4.78 is 3.77. The van der Waals surface area contributed by atoms with Crippen molar-refractivity contribution in [1.29, 1.82) is 0 Å². The van der Waals surface area contributed by atoms with Gasteiger partial charge in [-0.1, -0.05) is 6.07 Å². The zero-order valence-corrected chi connectivity index (χ0v) is 13.1. The Labute approximate surface area is 133 Å². The average molecular weight is 303 g/mol. The van der Waals surface area contributed by atoms with Crippen molar-refractivity contribution < 1.29 is 4.79 Å².